The van der Waals surface area contributed by atoms with E-state index in [2.05, 4.69) is 0 Å². The van der Waals surface area contributed by atoms with Crippen LogP contribution >= 0.6 is 0 Å². The lowest BCUT2D eigenvalue weighted by Gasteiger charge is -2.20. The Morgan fingerprint density at radius 3 is 2.62 bits per heavy atom. The molecule has 3 rings (SSSR count). The molecule has 2 aliphatic rings. The van der Waals surface area contributed by atoms with Gasteiger partial charge < -0.3 is 10.0 Å². The monoisotopic (exact) mass is 295 g/mol. The minimum absolute atomic E-state index is 0.00722. The van der Waals surface area contributed by atoms with Crippen LogP contribution in [0, 0.1) is 17.6 Å². The minimum atomic E-state index is -1.05. The van der Waals surface area contributed by atoms with Crippen molar-refractivity contribution >= 4 is 11.9 Å². The molecule has 2 fully saturated rings. The van der Waals surface area contributed by atoms with Crippen LogP contribution in [0.25, 0.3) is 0 Å². The van der Waals surface area contributed by atoms with Crippen molar-refractivity contribution in [3.05, 3.63) is 35.4 Å². The second kappa shape index (κ2) is 5.09. The van der Waals surface area contributed by atoms with Crippen LogP contribution in [-0.2, 0) is 9.59 Å². The zero-order valence-electron chi connectivity index (χ0n) is 11.3. The number of carboxylic acid groups (broad SMARTS) is 1. The lowest BCUT2D eigenvalue weighted by molar-refractivity contribution is -0.145. The van der Waals surface area contributed by atoms with Crippen LogP contribution in [0.1, 0.15) is 30.7 Å². The molecule has 1 N–H and O–H groups in total. The van der Waals surface area contributed by atoms with Gasteiger partial charge in [0.2, 0.25) is 5.91 Å². The summed E-state index contributed by atoms with van der Waals surface area (Å²) in [6.45, 7) is -0.321. The van der Waals surface area contributed by atoms with Crippen LogP contribution in [-0.4, -0.2) is 34.5 Å². The molecule has 0 aliphatic heterocycles. The van der Waals surface area contributed by atoms with Crippen molar-refractivity contribution < 1.29 is 23.5 Å². The lowest BCUT2D eigenvalue weighted by Crippen LogP contribution is -2.38. The number of rotatable bonds is 5. The van der Waals surface area contributed by atoms with Crippen LogP contribution in [0.5, 0.6) is 0 Å². The first kappa shape index (κ1) is 14.0. The summed E-state index contributed by atoms with van der Waals surface area (Å²) < 4.78 is 26.9. The van der Waals surface area contributed by atoms with Crippen LogP contribution in [0.4, 0.5) is 8.78 Å². The number of halogens is 2. The Balaban J connectivity index is 1.72. The quantitative estimate of drug-likeness (QED) is 0.905. The van der Waals surface area contributed by atoms with Crippen molar-refractivity contribution in [3.63, 3.8) is 0 Å². The fourth-order valence-corrected chi connectivity index (χ4v) is 2.74. The molecule has 2 saturated carbocycles. The smallest absolute Gasteiger partial charge is 0.323 e. The summed E-state index contributed by atoms with van der Waals surface area (Å²) in [5.41, 5.74) is 0.208. The first-order valence-electron chi connectivity index (χ1n) is 6.94. The van der Waals surface area contributed by atoms with Crippen molar-refractivity contribution in [2.24, 2.45) is 5.92 Å². The van der Waals surface area contributed by atoms with E-state index in [1.807, 2.05) is 0 Å². The van der Waals surface area contributed by atoms with Gasteiger partial charge in [0.25, 0.3) is 0 Å². The number of carbonyl (C=O) groups is 2. The van der Waals surface area contributed by atoms with Gasteiger partial charge in [0, 0.05) is 12.0 Å². The summed E-state index contributed by atoms with van der Waals surface area (Å²) in [7, 11) is 0. The van der Waals surface area contributed by atoms with Crippen molar-refractivity contribution in [2.75, 3.05) is 6.54 Å². The second-order valence-electron chi connectivity index (χ2n) is 5.71. The molecule has 21 heavy (non-hydrogen) atoms. The molecule has 0 aromatic heterocycles. The lowest BCUT2D eigenvalue weighted by atomic mass is 10.1. The van der Waals surface area contributed by atoms with E-state index in [0.29, 0.717) is 6.42 Å². The Morgan fingerprint density at radius 1 is 1.29 bits per heavy atom. The average Bonchev–Trinajstić information content (AvgIpc) is 3.30. The van der Waals surface area contributed by atoms with Crippen molar-refractivity contribution in [3.8, 4) is 0 Å². The average molecular weight is 295 g/mol. The molecule has 4 nitrogen and oxygen atoms in total. The molecular formula is C15H15F2NO3. The summed E-state index contributed by atoms with van der Waals surface area (Å²) >= 11 is 0. The maximum atomic E-state index is 13.7. The van der Waals surface area contributed by atoms with Crippen molar-refractivity contribution in [1.29, 1.82) is 0 Å². The minimum Gasteiger partial charge on any atom is -0.480 e. The van der Waals surface area contributed by atoms with E-state index in [4.69, 9.17) is 5.11 Å². The summed E-state index contributed by atoms with van der Waals surface area (Å²) in [4.78, 5) is 24.6. The van der Waals surface area contributed by atoms with Crippen LogP contribution in [0.3, 0.4) is 0 Å². The summed E-state index contributed by atoms with van der Waals surface area (Å²) in [5, 5.41) is 8.87. The van der Waals surface area contributed by atoms with Gasteiger partial charge in [0.15, 0.2) is 0 Å². The highest BCUT2D eigenvalue weighted by Gasteiger charge is 2.49. The van der Waals surface area contributed by atoms with Crippen molar-refractivity contribution in [2.45, 2.75) is 31.2 Å². The van der Waals surface area contributed by atoms with E-state index in [9.17, 15) is 18.4 Å². The first-order valence-corrected chi connectivity index (χ1v) is 6.94. The number of nitrogens with zero attached hydrogens (tertiary/aromatic N) is 1. The fourth-order valence-electron chi connectivity index (χ4n) is 2.74. The maximum absolute atomic E-state index is 13.7. The molecule has 1 aromatic carbocycles. The molecular weight excluding hydrogens is 280 g/mol. The highest BCUT2D eigenvalue weighted by atomic mass is 19.1. The highest BCUT2D eigenvalue weighted by molar-refractivity contribution is 5.86. The fraction of sp³-hybridized carbons (Fsp3) is 0.467. The van der Waals surface area contributed by atoms with Gasteiger partial charge >= 0.3 is 5.97 Å². The molecule has 0 spiro atoms. The number of aliphatic carboxylic acids is 1. The maximum Gasteiger partial charge on any atom is 0.323 e. The van der Waals surface area contributed by atoms with Gasteiger partial charge in [-0.05, 0) is 48.9 Å². The van der Waals surface area contributed by atoms with Gasteiger partial charge in [-0.15, -0.1) is 0 Å². The SMILES string of the molecule is O=C(O)CN(C(=O)C1CC1c1cc(F)ccc1F)C1CC1. The number of hydrogen-bond acceptors (Lipinski definition) is 2. The van der Waals surface area contributed by atoms with Crippen LogP contribution < -0.4 is 0 Å². The number of benzene rings is 1. The van der Waals surface area contributed by atoms with Crippen molar-refractivity contribution in [1.82, 2.24) is 4.90 Å². The largest absolute Gasteiger partial charge is 0.480 e. The third-order valence-corrected chi connectivity index (χ3v) is 4.04. The normalized spacial score (nSPS) is 23.7. The summed E-state index contributed by atoms with van der Waals surface area (Å²) in [6.07, 6.45) is 2.07. The molecule has 2 atom stereocenters. The number of carboxylic acids is 1. The Morgan fingerprint density at radius 2 is 2.00 bits per heavy atom. The molecule has 2 unspecified atom stereocenters. The molecule has 0 bridgehead atoms. The van der Waals surface area contributed by atoms with Gasteiger partial charge in [-0.3, -0.25) is 9.59 Å². The summed E-state index contributed by atoms with van der Waals surface area (Å²) in [6, 6.07) is 3.21. The third-order valence-electron chi connectivity index (χ3n) is 4.04. The molecule has 0 saturated heterocycles. The molecule has 2 aliphatic carbocycles. The van der Waals surface area contributed by atoms with Gasteiger partial charge in [-0.2, -0.15) is 0 Å². The number of amides is 1. The zero-order chi connectivity index (χ0) is 15.1. The van der Waals surface area contributed by atoms with Crippen LogP contribution in [0.15, 0.2) is 18.2 Å². The van der Waals surface area contributed by atoms with Gasteiger partial charge in [-0.1, -0.05) is 0 Å². The van der Waals surface area contributed by atoms with E-state index in [1.165, 1.54) is 4.90 Å². The van der Waals surface area contributed by atoms with E-state index < -0.39 is 23.5 Å². The van der Waals surface area contributed by atoms with Gasteiger partial charge in [0.05, 0.1) is 0 Å². The van der Waals surface area contributed by atoms with E-state index in [-0.39, 0.29) is 30.0 Å². The standard InChI is InChI=1S/C15H15F2NO3/c16-8-1-4-13(17)11(5-8)10-6-12(10)15(21)18(7-14(19)20)9-2-3-9/h1,4-5,9-10,12H,2-3,6-7H2,(H,19,20). The van der Waals surface area contributed by atoms with E-state index in [1.54, 1.807) is 0 Å². The third kappa shape index (κ3) is 2.89. The first-order chi connectivity index (χ1) is 9.97. The predicted molar refractivity (Wildman–Crippen MR) is 69.6 cm³/mol. The van der Waals surface area contributed by atoms with Gasteiger partial charge in [-0.25, -0.2) is 8.78 Å². The number of carbonyl (C=O) groups excluding carboxylic acids is 1. The van der Waals surface area contributed by atoms with E-state index >= 15 is 0 Å². The van der Waals surface area contributed by atoms with Crippen LogP contribution in [0.2, 0.25) is 0 Å². The molecule has 0 radical (unpaired) electrons. The Bertz CT molecular complexity index is 601. The number of hydrogen-bond donors (Lipinski definition) is 1. The molecule has 0 heterocycles. The van der Waals surface area contributed by atoms with Gasteiger partial charge in [0.1, 0.15) is 18.2 Å². The Labute approximate surface area is 120 Å². The second-order valence-corrected chi connectivity index (χ2v) is 5.71. The molecule has 6 heteroatoms. The predicted octanol–water partition coefficient (Wildman–Crippen LogP) is 2.14. The van der Waals surface area contributed by atoms with E-state index in [0.717, 1.165) is 31.0 Å². The topological polar surface area (TPSA) is 57.6 Å². The Kier molecular flexibility index (Phi) is 3.39. The molecule has 112 valence electrons. The molecule has 1 aromatic rings. The molecule has 1 amide bonds. The zero-order valence-corrected chi connectivity index (χ0v) is 11.3. The highest BCUT2D eigenvalue weighted by Crippen LogP contribution is 2.50. The summed E-state index contributed by atoms with van der Waals surface area (Å²) in [5.74, 6) is -3.13. The Hall–Kier alpha value is -1.98.